The second-order valence-corrected chi connectivity index (χ2v) is 2.31. The van der Waals surface area contributed by atoms with Gasteiger partial charge in [-0.2, -0.15) is 0 Å². The summed E-state index contributed by atoms with van der Waals surface area (Å²) >= 11 is 0. The van der Waals surface area contributed by atoms with E-state index in [-0.39, 0.29) is 6.61 Å². The van der Waals surface area contributed by atoms with Crippen molar-refractivity contribution in [2.75, 3.05) is 6.61 Å². The van der Waals surface area contributed by atoms with Crippen LogP contribution >= 0.6 is 0 Å². The standard InChI is InChI=1S/C8H16O2/c1-2-3-5-8(10)6-4-7-9/h6,9-10H,2-5,7H2,1H3/b8-6-. The highest BCUT2D eigenvalue weighted by Crippen LogP contribution is 2.03. The molecule has 0 spiro atoms. The highest BCUT2D eigenvalue weighted by Gasteiger charge is 1.90. The highest BCUT2D eigenvalue weighted by molar-refractivity contribution is 4.89. The predicted molar refractivity (Wildman–Crippen MR) is 41.9 cm³/mol. The van der Waals surface area contributed by atoms with Gasteiger partial charge in [-0.1, -0.05) is 13.3 Å². The summed E-state index contributed by atoms with van der Waals surface area (Å²) in [5.41, 5.74) is 0. The molecule has 0 amide bonds. The zero-order valence-electron chi connectivity index (χ0n) is 6.51. The molecule has 60 valence electrons. The van der Waals surface area contributed by atoms with Gasteiger partial charge >= 0.3 is 0 Å². The van der Waals surface area contributed by atoms with Crippen LogP contribution in [0.4, 0.5) is 0 Å². The van der Waals surface area contributed by atoms with Gasteiger partial charge in [-0.15, -0.1) is 0 Å². The van der Waals surface area contributed by atoms with Crippen molar-refractivity contribution in [3.63, 3.8) is 0 Å². The second-order valence-electron chi connectivity index (χ2n) is 2.31. The van der Waals surface area contributed by atoms with Crippen molar-refractivity contribution in [3.8, 4) is 0 Å². The van der Waals surface area contributed by atoms with E-state index < -0.39 is 0 Å². The Balaban J connectivity index is 3.30. The first kappa shape index (κ1) is 9.50. The molecule has 0 saturated carbocycles. The monoisotopic (exact) mass is 144 g/mol. The number of rotatable bonds is 5. The maximum atomic E-state index is 9.06. The van der Waals surface area contributed by atoms with Gasteiger partial charge in [-0.05, 0) is 18.9 Å². The minimum Gasteiger partial charge on any atom is -0.513 e. The molecule has 0 fully saturated rings. The summed E-state index contributed by atoms with van der Waals surface area (Å²) in [6, 6.07) is 0. The smallest absolute Gasteiger partial charge is 0.0883 e. The maximum absolute atomic E-state index is 9.06. The molecule has 0 heterocycles. The molecular weight excluding hydrogens is 128 g/mol. The third-order valence-corrected chi connectivity index (χ3v) is 1.30. The Bertz CT molecular complexity index is 97.4. The van der Waals surface area contributed by atoms with Crippen molar-refractivity contribution in [2.45, 2.75) is 32.6 Å². The van der Waals surface area contributed by atoms with Crippen molar-refractivity contribution < 1.29 is 10.2 Å². The zero-order valence-corrected chi connectivity index (χ0v) is 6.51. The Hall–Kier alpha value is -0.500. The van der Waals surface area contributed by atoms with Crippen molar-refractivity contribution >= 4 is 0 Å². The largest absolute Gasteiger partial charge is 0.513 e. The summed E-state index contributed by atoms with van der Waals surface area (Å²) in [7, 11) is 0. The van der Waals surface area contributed by atoms with Gasteiger partial charge in [0.2, 0.25) is 0 Å². The molecule has 0 atom stereocenters. The van der Waals surface area contributed by atoms with Gasteiger partial charge in [0, 0.05) is 13.0 Å². The van der Waals surface area contributed by atoms with Gasteiger partial charge in [0.15, 0.2) is 0 Å². The first-order valence-corrected chi connectivity index (χ1v) is 3.80. The fraction of sp³-hybridized carbons (Fsp3) is 0.750. The fourth-order valence-corrected chi connectivity index (χ4v) is 0.691. The van der Waals surface area contributed by atoms with E-state index in [0.717, 1.165) is 19.3 Å². The van der Waals surface area contributed by atoms with Gasteiger partial charge < -0.3 is 10.2 Å². The van der Waals surface area contributed by atoms with Gasteiger partial charge in [-0.3, -0.25) is 0 Å². The number of aliphatic hydroxyl groups excluding tert-OH is 2. The molecule has 2 heteroatoms. The van der Waals surface area contributed by atoms with E-state index in [1.807, 2.05) is 0 Å². The first-order chi connectivity index (χ1) is 4.81. The SMILES string of the molecule is CCCC/C(O)=C/CCO. The molecule has 0 unspecified atom stereocenters. The van der Waals surface area contributed by atoms with Gasteiger partial charge in [-0.25, -0.2) is 0 Å². The molecule has 0 aromatic heterocycles. The van der Waals surface area contributed by atoms with Crippen LogP contribution in [0.25, 0.3) is 0 Å². The Kier molecular flexibility index (Phi) is 6.29. The number of allylic oxidation sites excluding steroid dienone is 1. The van der Waals surface area contributed by atoms with Crippen molar-refractivity contribution in [3.05, 3.63) is 11.8 Å². The van der Waals surface area contributed by atoms with E-state index in [9.17, 15) is 0 Å². The van der Waals surface area contributed by atoms with Gasteiger partial charge in [0.05, 0.1) is 5.76 Å². The summed E-state index contributed by atoms with van der Waals surface area (Å²) in [5.74, 6) is 0.413. The lowest BCUT2D eigenvalue weighted by Crippen LogP contribution is -1.84. The van der Waals surface area contributed by atoms with E-state index in [1.165, 1.54) is 0 Å². The topological polar surface area (TPSA) is 40.5 Å². The number of hydrogen-bond donors (Lipinski definition) is 2. The van der Waals surface area contributed by atoms with Crippen LogP contribution in [0.5, 0.6) is 0 Å². The van der Waals surface area contributed by atoms with Crippen LogP contribution in [0.1, 0.15) is 32.6 Å². The van der Waals surface area contributed by atoms with Crippen LogP contribution in [0.2, 0.25) is 0 Å². The summed E-state index contributed by atoms with van der Waals surface area (Å²) in [6.45, 7) is 2.20. The number of hydrogen-bond acceptors (Lipinski definition) is 2. The third kappa shape index (κ3) is 5.63. The fourth-order valence-electron chi connectivity index (χ4n) is 0.691. The van der Waals surface area contributed by atoms with Gasteiger partial charge in [0.25, 0.3) is 0 Å². The molecule has 0 bridgehead atoms. The molecule has 0 aliphatic rings. The summed E-state index contributed by atoms with van der Waals surface area (Å²) < 4.78 is 0. The Morgan fingerprint density at radius 2 is 2.20 bits per heavy atom. The van der Waals surface area contributed by atoms with Crippen LogP contribution < -0.4 is 0 Å². The first-order valence-electron chi connectivity index (χ1n) is 3.80. The molecule has 0 radical (unpaired) electrons. The van der Waals surface area contributed by atoms with E-state index in [4.69, 9.17) is 10.2 Å². The maximum Gasteiger partial charge on any atom is 0.0883 e. The quantitative estimate of drug-likeness (QED) is 0.579. The van der Waals surface area contributed by atoms with Crippen molar-refractivity contribution in [1.29, 1.82) is 0 Å². The molecular formula is C8H16O2. The van der Waals surface area contributed by atoms with Gasteiger partial charge in [0.1, 0.15) is 0 Å². The molecule has 0 saturated heterocycles. The molecule has 0 aromatic rings. The second kappa shape index (κ2) is 6.62. The molecule has 10 heavy (non-hydrogen) atoms. The summed E-state index contributed by atoms with van der Waals surface area (Å²) in [4.78, 5) is 0. The molecule has 2 N–H and O–H groups in total. The minimum absolute atomic E-state index is 0.121. The summed E-state index contributed by atoms with van der Waals surface area (Å²) in [6.07, 6.45) is 5.10. The van der Waals surface area contributed by atoms with E-state index >= 15 is 0 Å². The summed E-state index contributed by atoms with van der Waals surface area (Å²) in [5, 5.41) is 17.4. The number of aliphatic hydroxyl groups is 2. The third-order valence-electron chi connectivity index (χ3n) is 1.30. The van der Waals surface area contributed by atoms with Crippen LogP contribution in [0, 0.1) is 0 Å². The Labute approximate surface area is 62.2 Å². The molecule has 0 aromatic carbocycles. The van der Waals surface area contributed by atoms with E-state index in [2.05, 4.69) is 6.92 Å². The predicted octanol–water partition coefficient (Wildman–Crippen LogP) is 2.00. The zero-order chi connectivity index (χ0) is 7.82. The molecule has 0 aliphatic carbocycles. The molecule has 0 rings (SSSR count). The number of unbranched alkanes of at least 4 members (excludes halogenated alkanes) is 1. The van der Waals surface area contributed by atoms with Crippen molar-refractivity contribution in [2.24, 2.45) is 0 Å². The Morgan fingerprint density at radius 3 is 2.70 bits per heavy atom. The lowest BCUT2D eigenvalue weighted by molar-refractivity contribution is 0.298. The lowest BCUT2D eigenvalue weighted by atomic mass is 10.2. The van der Waals surface area contributed by atoms with Crippen LogP contribution in [-0.2, 0) is 0 Å². The van der Waals surface area contributed by atoms with Crippen LogP contribution in [0.15, 0.2) is 11.8 Å². The normalized spacial score (nSPS) is 12.0. The van der Waals surface area contributed by atoms with Crippen LogP contribution in [-0.4, -0.2) is 16.8 Å². The average Bonchev–Trinajstić information content (AvgIpc) is 1.97. The average molecular weight is 144 g/mol. The lowest BCUT2D eigenvalue weighted by Gasteiger charge is -1.96. The van der Waals surface area contributed by atoms with E-state index in [0.29, 0.717) is 12.2 Å². The minimum atomic E-state index is 0.121. The van der Waals surface area contributed by atoms with E-state index in [1.54, 1.807) is 6.08 Å². The highest BCUT2D eigenvalue weighted by atomic mass is 16.3. The Morgan fingerprint density at radius 1 is 1.50 bits per heavy atom. The van der Waals surface area contributed by atoms with Crippen LogP contribution in [0.3, 0.4) is 0 Å². The molecule has 2 nitrogen and oxygen atoms in total. The molecule has 0 aliphatic heterocycles. The van der Waals surface area contributed by atoms with Crippen molar-refractivity contribution in [1.82, 2.24) is 0 Å².